The Morgan fingerprint density at radius 1 is 1.50 bits per heavy atom. The van der Waals surface area contributed by atoms with Gasteiger partial charge in [-0.05, 0) is 19.4 Å². The van der Waals surface area contributed by atoms with Crippen molar-refractivity contribution in [3.8, 4) is 5.88 Å². The molecule has 0 saturated carbocycles. The van der Waals surface area contributed by atoms with E-state index in [4.69, 9.17) is 4.74 Å². The van der Waals surface area contributed by atoms with E-state index in [0.29, 0.717) is 11.9 Å². The number of pyridine rings is 1. The number of rotatable bonds is 5. The smallest absolute Gasteiger partial charge is 0.239 e. The van der Waals surface area contributed by atoms with Gasteiger partial charge in [-0.2, -0.15) is 0 Å². The molecule has 1 unspecified atom stereocenters. The fraction of sp³-hybridized carbons (Fsp3) is 0.583. The molecule has 0 aliphatic rings. The molecule has 90 valence electrons. The molecule has 0 saturated heterocycles. The van der Waals surface area contributed by atoms with Gasteiger partial charge in [0.2, 0.25) is 5.88 Å². The zero-order chi connectivity index (χ0) is 12.1. The summed E-state index contributed by atoms with van der Waals surface area (Å²) in [6, 6.07) is 2.38. The highest BCUT2D eigenvalue weighted by atomic mass is 16.5. The van der Waals surface area contributed by atoms with Crippen molar-refractivity contribution in [2.24, 2.45) is 0 Å². The maximum atomic E-state index is 5.28. The molecular weight excluding hydrogens is 202 g/mol. The lowest BCUT2D eigenvalue weighted by molar-refractivity contribution is 0.399. The molecule has 4 heteroatoms. The van der Waals surface area contributed by atoms with Crippen LogP contribution in [0.4, 0.5) is 11.4 Å². The first-order chi connectivity index (χ1) is 7.60. The van der Waals surface area contributed by atoms with Gasteiger partial charge < -0.3 is 15.0 Å². The normalized spacial score (nSPS) is 12.1. The number of aromatic nitrogens is 1. The minimum absolute atomic E-state index is 0.400. The Labute approximate surface area is 97.6 Å². The molecule has 1 N–H and O–H groups in total. The Morgan fingerprint density at radius 3 is 2.69 bits per heavy atom. The lowest BCUT2D eigenvalue weighted by Crippen LogP contribution is -2.18. The summed E-state index contributed by atoms with van der Waals surface area (Å²) in [5, 5.41) is 3.43. The van der Waals surface area contributed by atoms with Gasteiger partial charge in [0.1, 0.15) is 5.69 Å². The first-order valence-corrected chi connectivity index (χ1v) is 5.57. The molecule has 4 nitrogen and oxygen atoms in total. The molecule has 1 atom stereocenters. The molecule has 0 fully saturated rings. The summed E-state index contributed by atoms with van der Waals surface area (Å²) >= 11 is 0. The van der Waals surface area contributed by atoms with Crippen LogP contribution in [0.5, 0.6) is 5.88 Å². The van der Waals surface area contributed by atoms with Crippen molar-refractivity contribution < 1.29 is 4.74 Å². The first-order valence-electron chi connectivity index (χ1n) is 5.57. The van der Waals surface area contributed by atoms with Crippen molar-refractivity contribution >= 4 is 11.4 Å². The van der Waals surface area contributed by atoms with Crippen molar-refractivity contribution in [2.75, 3.05) is 31.4 Å². The summed E-state index contributed by atoms with van der Waals surface area (Å²) in [6.07, 6.45) is 2.82. The summed E-state index contributed by atoms with van der Waals surface area (Å²) < 4.78 is 5.28. The van der Waals surface area contributed by atoms with Gasteiger partial charge in [-0.25, -0.2) is 4.98 Å². The Kier molecular flexibility index (Phi) is 4.40. The Hall–Kier alpha value is -1.45. The van der Waals surface area contributed by atoms with E-state index in [1.165, 1.54) is 0 Å². The summed E-state index contributed by atoms with van der Waals surface area (Å²) in [4.78, 5) is 6.27. The lowest BCUT2D eigenvalue weighted by Gasteiger charge is -2.22. The maximum Gasteiger partial charge on any atom is 0.239 e. The summed E-state index contributed by atoms with van der Waals surface area (Å²) in [5.74, 6) is 0.645. The zero-order valence-corrected chi connectivity index (χ0v) is 10.7. The quantitative estimate of drug-likeness (QED) is 0.831. The monoisotopic (exact) mass is 223 g/mol. The van der Waals surface area contributed by atoms with Gasteiger partial charge in [0.25, 0.3) is 0 Å². The van der Waals surface area contributed by atoms with E-state index < -0.39 is 0 Å². The highest BCUT2D eigenvalue weighted by molar-refractivity contribution is 5.74. The second-order valence-corrected chi connectivity index (χ2v) is 4.06. The van der Waals surface area contributed by atoms with Gasteiger partial charge in [-0.15, -0.1) is 0 Å². The third kappa shape index (κ3) is 2.78. The molecule has 16 heavy (non-hydrogen) atoms. The Morgan fingerprint density at radius 2 is 2.19 bits per heavy atom. The highest BCUT2D eigenvalue weighted by Gasteiger charge is 2.13. The average Bonchev–Trinajstić information content (AvgIpc) is 2.28. The fourth-order valence-electron chi connectivity index (χ4n) is 1.44. The Bertz CT molecular complexity index is 339. The topological polar surface area (TPSA) is 37.4 Å². The van der Waals surface area contributed by atoms with Crippen molar-refractivity contribution in [3.63, 3.8) is 0 Å². The average molecular weight is 223 g/mol. The van der Waals surface area contributed by atoms with Crippen LogP contribution in [0.1, 0.15) is 20.3 Å². The molecule has 0 radical (unpaired) electrons. The number of ether oxygens (including phenoxy) is 1. The second kappa shape index (κ2) is 5.58. The van der Waals surface area contributed by atoms with Gasteiger partial charge in [-0.3, -0.25) is 0 Å². The van der Waals surface area contributed by atoms with Crippen LogP contribution in [0.15, 0.2) is 12.3 Å². The number of nitrogens with zero attached hydrogens (tertiary/aromatic N) is 2. The van der Waals surface area contributed by atoms with Crippen LogP contribution in [0.25, 0.3) is 0 Å². The number of methoxy groups -OCH3 is 1. The molecule has 1 heterocycles. The Balaban J connectivity index is 3.09. The third-order valence-electron chi connectivity index (χ3n) is 2.57. The predicted molar refractivity (Wildman–Crippen MR) is 68.5 cm³/mol. The predicted octanol–water partition coefficient (Wildman–Crippen LogP) is 2.37. The minimum atomic E-state index is 0.400. The SMILES string of the molecule is CCC(C)Nc1c(N(C)C)ccnc1OC. The molecule has 1 aromatic heterocycles. The van der Waals surface area contributed by atoms with Gasteiger partial charge in [0.05, 0.1) is 12.8 Å². The van der Waals surface area contributed by atoms with Crippen molar-refractivity contribution in [3.05, 3.63) is 12.3 Å². The third-order valence-corrected chi connectivity index (χ3v) is 2.57. The number of hydrogen-bond acceptors (Lipinski definition) is 4. The lowest BCUT2D eigenvalue weighted by atomic mass is 10.2. The maximum absolute atomic E-state index is 5.28. The summed E-state index contributed by atoms with van der Waals surface area (Å²) in [6.45, 7) is 4.29. The van der Waals surface area contributed by atoms with Gasteiger partial charge >= 0.3 is 0 Å². The van der Waals surface area contributed by atoms with Crippen LogP contribution in [-0.2, 0) is 0 Å². The molecule has 0 aromatic carbocycles. The van der Waals surface area contributed by atoms with Crippen LogP contribution in [-0.4, -0.2) is 32.2 Å². The first kappa shape index (κ1) is 12.6. The van der Waals surface area contributed by atoms with E-state index in [1.54, 1.807) is 13.3 Å². The number of hydrogen-bond donors (Lipinski definition) is 1. The summed E-state index contributed by atoms with van der Waals surface area (Å²) in [7, 11) is 5.66. The summed E-state index contributed by atoms with van der Waals surface area (Å²) in [5.41, 5.74) is 2.05. The van der Waals surface area contributed by atoms with Crippen molar-refractivity contribution in [1.29, 1.82) is 0 Å². The molecule has 0 spiro atoms. The molecule has 0 amide bonds. The van der Waals surface area contributed by atoms with Gasteiger partial charge in [-0.1, -0.05) is 6.92 Å². The second-order valence-electron chi connectivity index (χ2n) is 4.06. The van der Waals surface area contributed by atoms with Gasteiger partial charge in [0.15, 0.2) is 0 Å². The van der Waals surface area contributed by atoms with Gasteiger partial charge in [0, 0.05) is 26.3 Å². The molecule has 1 rings (SSSR count). The largest absolute Gasteiger partial charge is 0.479 e. The van der Waals surface area contributed by atoms with Crippen molar-refractivity contribution in [1.82, 2.24) is 4.98 Å². The minimum Gasteiger partial charge on any atom is -0.479 e. The molecule has 0 aliphatic heterocycles. The fourth-order valence-corrected chi connectivity index (χ4v) is 1.44. The van der Waals surface area contributed by atoms with E-state index in [0.717, 1.165) is 17.8 Å². The van der Waals surface area contributed by atoms with E-state index in [-0.39, 0.29) is 0 Å². The molecule has 1 aromatic rings. The van der Waals surface area contributed by atoms with E-state index in [2.05, 4.69) is 29.0 Å². The molecule has 0 bridgehead atoms. The van der Waals surface area contributed by atoms with E-state index in [9.17, 15) is 0 Å². The number of nitrogens with one attached hydrogen (secondary N) is 1. The van der Waals surface area contributed by atoms with Crippen molar-refractivity contribution in [2.45, 2.75) is 26.3 Å². The zero-order valence-electron chi connectivity index (χ0n) is 10.7. The molecule has 0 aliphatic carbocycles. The highest BCUT2D eigenvalue weighted by Crippen LogP contribution is 2.32. The van der Waals surface area contributed by atoms with E-state index in [1.807, 2.05) is 20.2 Å². The number of anilines is 2. The van der Waals surface area contributed by atoms with Crippen LogP contribution < -0.4 is 15.0 Å². The van der Waals surface area contributed by atoms with E-state index >= 15 is 0 Å². The van der Waals surface area contributed by atoms with Crippen LogP contribution in [0.3, 0.4) is 0 Å². The van der Waals surface area contributed by atoms with Crippen LogP contribution >= 0.6 is 0 Å². The van der Waals surface area contributed by atoms with Crippen LogP contribution in [0.2, 0.25) is 0 Å². The standard InChI is InChI=1S/C12H21N3O/c1-6-9(2)14-11-10(15(3)4)7-8-13-12(11)16-5/h7-9,14H,6H2,1-5H3. The molecular formula is C12H21N3O. The van der Waals surface area contributed by atoms with Crippen LogP contribution in [0, 0.1) is 0 Å².